The minimum absolute atomic E-state index is 0.660. The summed E-state index contributed by atoms with van der Waals surface area (Å²) in [5, 5.41) is 0. The smallest absolute Gasteiger partial charge is 0.144 e. The first-order valence-electron chi connectivity index (χ1n) is 5.59. The van der Waals surface area contributed by atoms with E-state index in [1.165, 1.54) is 12.8 Å². The van der Waals surface area contributed by atoms with Crippen molar-refractivity contribution in [3.8, 4) is 5.75 Å². The highest BCUT2D eigenvalue weighted by Gasteiger charge is 2.16. The summed E-state index contributed by atoms with van der Waals surface area (Å²) in [6, 6.07) is 6.01. The summed E-state index contributed by atoms with van der Waals surface area (Å²) in [4.78, 5) is 2.33. The minimum atomic E-state index is 0.660. The molecule has 1 aliphatic heterocycles. The van der Waals surface area contributed by atoms with E-state index in [2.05, 4.69) is 11.0 Å². The highest BCUT2D eigenvalue weighted by atomic mass is 16.5. The molecular weight excluding hydrogens is 188 g/mol. The Kier molecular flexibility index (Phi) is 2.99. The number of hydrogen-bond donors (Lipinski definition) is 1. The number of rotatable bonds is 3. The molecule has 1 saturated heterocycles. The van der Waals surface area contributed by atoms with Gasteiger partial charge in [0.05, 0.1) is 18.0 Å². The van der Waals surface area contributed by atoms with Crippen LogP contribution >= 0.6 is 0 Å². The van der Waals surface area contributed by atoms with E-state index in [0.29, 0.717) is 6.61 Å². The first-order valence-corrected chi connectivity index (χ1v) is 5.59. The lowest BCUT2D eigenvalue weighted by atomic mass is 10.2. The van der Waals surface area contributed by atoms with E-state index in [0.717, 1.165) is 30.2 Å². The highest BCUT2D eigenvalue weighted by Crippen LogP contribution is 2.33. The molecule has 82 valence electrons. The van der Waals surface area contributed by atoms with Crippen LogP contribution in [0.4, 0.5) is 11.4 Å². The number of nitrogen functional groups attached to an aromatic ring is 1. The standard InChI is InChI=1S/C12H18N2O/c1-2-15-11-7-5-6-10(12(11)13)14-8-3-4-9-14/h5-7H,2-4,8-9,13H2,1H3. The summed E-state index contributed by atoms with van der Waals surface area (Å²) in [5.41, 5.74) is 7.99. The maximum Gasteiger partial charge on any atom is 0.144 e. The summed E-state index contributed by atoms with van der Waals surface area (Å²) in [7, 11) is 0. The lowest BCUT2D eigenvalue weighted by Gasteiger charge is -2.21. The van der Waals surface area contributed by atoms with Gasteiger partial charge in [0, 0.05) is 13.1 Å². The summed E-state index contributed by atoms with van der Waals surface area (Å²) in [5.74, 6) is 0.807. The Hall–Kier alpha value is -1.38. The van der Waals surface area contributed by atoms with Gasteiger partial charge in [0.1, 0.15) is 5.75 Å². The molecule has 0 spiro atoms. The molecule has 0 radical (unpaired) electrons. The first kappa shape index (κ1) is 10.1. The van der Waals surface area contributed by atoms with Crippen LogP contribution in [0.15, 0.2) is 18.2 Å². The number of hydrogen-bond acceptors (Lipinski definition) is 3. The predicted octanol–water partition coefficient (Wildman–Crippen LogP) is 2.27. The fraction of sp³-hybridized carbons (Fsp3) is 0.500. The summed E-state index contributed by atoms with van der Waals surface area (Å²) in [6.07, 6.45) is 2.52. The van der Waals surface area contributed by atoms with Crippen molar-refractivity contribution in [3.63, 3.8) is 0 Å². The van der Waals surface area contributed by atoms with Crippen LogP contribution in [0.2, 0.25) is 0 Å². The zero-order valence-electron chi connectivity index (χ0n) is 9.20. The third-order valence-electron chi connectivity index (χ3n) is 2.79. The molecule has 0 aliphatic carbocycles. The topological polar surface area (TPSA) is 38.5 Å². The van der Waals surface area contributed by atoms with E-state index < -0.39 is 0 Å². The second-order valence-corrected chi connectivity index (χ2v) is 3.82. The SMILES string of the molecule is CCOc1cccc(N2CCCC2)c1N. The van der Waals surface area contributed by atoms with Gasteiger partial charge >= 0.3 is 0 Å². The number of para-hydroxylation sites is 1. The van der Waals surface area contributed by atoms with Crippen LogP contribution in [0.25, 0.3) is 0 Å². The lowest BCUT2D eigenvalue weighted by molar-refractivity contribution is 0.342. The maximum absolute atomic E-state index is 6.08. The van der Waals surface area contributed by atoms with Gasteiger partial charge in [0.15, 0.2) is 0 Å². The number of anilines is 2. The van der Waals surface area contributed by atoms with Gasteiger partial charge in [0.25, 0.3) is 0 Å². The van der Waals surface area contributed by atoms with Gasteiger partial charge in [-0.3, -0.25) is 0 Å². The van der Waals surface area contributed by atoms with Crippen molar-refractivity contribution >= 4 is 11.4 Å². The van der Waals surface area contributed by atoms with Gasteiger partial charge in [-0.15, -0.1) is 0 Å². The van der Waals surface area contributed by atoms with Crippen LogP contribution in [0.3, 0.4) is 0 Å². The Balaban J connectivity index is 2.26. The molecule has 0 saturated carbocycles. The van der Waals surface area contributed by atoms with Crippen LogP contribution in [-0.2, 0) is 0 Å². The average Bonchev–Trinajstić information content (AvgIpc) is 2.74. The van der Waals surface area contributed by atoms with Crippen molar-refractivity contribution in [1.82, 2.24) is 0 Å². The van der Waals surface area contributed by atoms with Gasteiger partial charge < -0.3 is 15.4 Å². The Labute approximate surface area is 90.8 Å². The van der Waals surface area contributed by atoms with E-state index in [4.69, 9.17) is 10.5 Å². The molecule has 0 atom stereocenters. The molecule has 15 heavy (non-hydrogen) atoms. The van der Waals surface area contributed by atoms with Crippen LogP contribution < -0.4 is 15.4 Å². The van der Waals surface area contributed by atoms with E-state index in [-0.39, 0.29) is 0 Å². The monoisotopic (exact) mass is 206 g/mol. The van der Waals surface area contributed by atoms with Crippen LogP contribution in [0.1, 0.15) is 19.8 Å². The third-order valence-corrected chi connectivity index (χ3v) is 2.79. The molecule has 1 aliphatic rings. The van der Waals surface area contributed by atoms with Gasteiger partial charge in [-0.05, 0) is 31.9 Å². The largest absolute Gasteiger partial charge is 0.492 e. The molecule has 0 bridgehead atoms. The maximum atomic E-state index is 6.08. The fourth-order valence-corrected chi connectivity index (χ4v) is 2.05. The molecule has 3 heteroatoms. The minimum Gasteiger partial charge on any atom is -0.492 e. The number of nitrogens with two attached hydrogens (primary N) is 1. The number of nitrogens with zero attached hydrogens (tertiary/aromatic N) is 1. The lowest BCUT2D eigenvalue weighted by Crippen LogP contribution is -2.19. The van der Waals surface area contributed by atoms with E-state index in [1.807, 2.05) is 19.1 Å². The van der Waals surface area contributed by atoms with Crippen molar-refractivity contribution < 1.29 is 4.74 Å². The molecule has 0 aromatic heterocycles. The average molecular weight is 206 g/mol. The van der Waals surface area contributed by atoms with Gasteiger partial charge in [-0.2, -0.15) is 0 Å². The molecule has 1 aromatic rings. The first-order chi connectivity index (χ1) is 7.33. The quantitative estimate of drug-likeness (QED) is 0.771. The molecule has 3 nitrogen and oxygen atoms in total. The molecule has 0 unspecified atom stereocenters. The van der Waals surface area contributed by atoms with Crippen LogP contribution in [0, 0.1) is 0 Å². The van der Waals surface area contributed by atoms with Crippen molar-refractivity contribution in [3.05, 3.63) is 18.2 Å². The number of ether oxygens (including phenoxy) is 1. The van der Waals surface area contributed by atoms with E-state index >= 15 is 0 Å². The summed E-state index contributed by atoms with van der Waals surface area (Å²) in [6.45, 7) is 4.86. The second-order valence-electron chi connectivity index (χ2n) is 3.82. The molecule has 1 aromatic carbocycles. The summed E-state index contributed by atoms with van der Waals surface area (Å²) >= 11 is 0. The van der Waals surface area contributed by atoms with Crippen LogP contribution in [-0.4, -0.2) is 19.7 Å². The zero-order valence-corrected chi connectivity index (χ0v) is 9.20. The molecule has 2 rings (SSSR count). The zero-order chi connectivity index (χ0) is 10.7. The predicted molar refractivity (Wildman–Crippen MR) is 63.5 cm³/mol. The van der Waals surface area contributed by atoms with Gasteiger partial charge in [-0.25, -0.2) is 0 Å². The number of benzene rings is 1. The summed E-state index contributed by atoms with van der Waals surface area (Å²) < 4.78 is 5.49. The Bertz CT molecular complexity index is 332. The van der Waals surface area contributed by atoms with E-state index in [1.54, 1.807) is 0 Å². The third kappa shape index (κ3) is 2.01. The van der Waals surface area contributed by atoms with Gasteiger partial charge in [-0.1, -0.05) is 6.07 Å². The Morgan fingerprint density at radius 2 is 2.07 bits per heavy atom. The molecule has 1 heterocycles. The van der Waals surface area contributed by atoms with Crippen molar-refractivity contribution in [2.75, 3.05) is 30.3 Å². The van der Waals surface area contributed by atoms with Crippen molar-refractivity contribution in [1.29, 1.82) is 0 Å². The fourth-order valence-electron chi connectivity index (χ4n) is 2.05. The van der Waals surface area contributed by atoms with Crippen molar-refractivity contribution in [2.24, 2.45) is 0 Å². The molecule has 1 fully saturated rings. The van der Waals surface area contributed by atoms with Gasteiger partial charge in [0.2, 0.25) is 0 Å². The molecular formula is C12H18N2O. The van der Waals surface area contributed by atoms with E-state index in [9.17, 15) is 0 Å². The Morgan fingerprint density at radius 1 is 1.33 bits per heavy atom. The highest BCUT2D eigenvalue weighted by molar-refractivity contribution is 5.74. The molecule has 0 amide bonds. The normalized spacial score (nSPS) is 15.7. The Morgan fingerprint density at radius 3 is 2.73 bits per heavy atom. The van der Waals surface area contributed by atoms with Crippen LogP contribution in [0.5, 0.6) is 5.75 Å². The van der Waals surface area contributed by atoms with Crippen molar-refractivity contribution in [2.45, 2.75) is 19.8 Å². The second kappa shape index (κ2) is 4.43. The molecule has 2 N–H and O–H groups in total.